The highest BCUT2D eigenvalue weighted by molar-refractivity contribution is 8.04. The van der Waals surface area contributed by atoms with Gasteiger partial charge in [-0.05, 0) is 18.6 Å². The van der Waals surface area contributed by atoms with Gasteiger partial charge in [-0.15, -0.1) is 11.8 Å². The van der Waals surface area contributed by atoms with Crippen LogP contribution in [0.5, 0.6) is 0 Å². The normalized spacial score (nSPS) is 20.6. The first-order valence-electron chi connectivity index (χ1n) is 6.07. The summed E-state index contributed by atoms with van der Waals surface area (Å²) in [5.41, 5.74) is 0.982. The molecule has 1 aliphatic rings. The summed E-state index contributed by atoms with van der Waals surface area (Å²) in [7, 11) is 0. The second-order valence-corrected chi connectivity index (χ2v) is 5.07. The van der Waals surface area contributed by atoms with Gasteiger partial charge in [0.1, 0.15) is 6.04 Å². The van der Waals surface area contributed by atoms with Gasteiger partial charge in [-0.1, -0.05) is 30.3 Å². The molecule has 4 nitrogen and oxygen atoms in total. The van der Waals surface area contributed by atoms with E-state index in [-0.39, 0.29) is 5.78 Å². The Bertz CT molecular complexity index is 499. The van der Waals surface area contributed by atoms with Gasteiger partial charge in [0.15, 0.2) is 5.78 Å². The zero-order valence-corrected chi connectivity index (χ0v) is 11.4. The molecule has 1 heterocycles. The van der Waals surface area contributed by atoms with Gasteiger partial charge in [-0.2, -0.15) is 0 Å². The molecule has 1 N–H and O–H groups in total. The van der Waals surface area contributed by atoms with E-state index in [9.17, 15) is 9.59 Å². The summed E-state index contributed by atoms with van der Waals surface area (Å²) in [4.78, 5) is 24.1. The lowest BCUT2D eigenvalue weighted by molar-refractivity contribution is -0.115. The van der Waals surface area contributed by atoms with Crippen LogP contribution in [0.1, 0.15) is 12.5 Å². The van der Waals surface area contributed by atoms with Crippen molar-refractivity contribution in [3.8, 4) is 0 Å². The lowest BCUT2D eigenvalue weighted by Gasteiger charge is -2.09. The van der Waals surface area contributed by atoms with Crippen LogP contribution < -0.4 is 5.32 Å². The summed E-state index contributed by atoms with van der Waals surface area (Å²) in [5.74, 6) is 0.498. The maximum Gasteiger partial charge on any atom is 0.407 e. The quantitative estimate of drug-likeness (QED) is 0.862. The van der Waals surface area contributed by atoms with E-state index in [0.717, 1.165) is 5.56 Å². The van der Waals surface area contributed by atoms with Crippen LogP contribution in [-0.2, 0) is 9.53 Å². The second kappa shape index (κ2) is 6.43. The van der Waals surface area contributed by atoms with Crippen molar-refractivity contribution >= 4 is 29.7 Å². The second-order valence-electron chi connectivity index (χ2n) is 4.01. The molecule has 100 valence electrons. The molecule has 1 fully saturated rings. The van der Waals surface area contributed by atoms with Gasteiger partial charge in [-0.25, -0.2) is 4.79 Å². The minimum Gasteiger partial charge on any atom is -0.450 e. The third kappa shape index (κ3) is 3.61. The van der Waals surface area contributed by atoms with Gasteiger partial charge in [0, 0.05) is 5.75 Å². The first-order chi connectivity index (χ1) is 9.20. The number of carbonyl (C=O) groups is 2. The van der Waals surface area contributed by atoms with Crippen LogP contribution in [0.4, 0.5) is 4.79 Å². The molecule has 0 spiro atoms. The van der Waals surface area contributed by atoms with Gasteiger partial charge in [0.2, 0.25) is 0 Å². The summed E-state index contributed by atoms with van der Waals surface area (Å²) < 4.78 is 4.77. The lowest BCUT2D eigenvalue weighted by Crippen LogP contribution is -2.40. The predicted octanol–water partition coefficient (Wildman–Crippen LogP) is 2.46. The Hall–Kier alpha value is -1.75. The minimum atomic E-state index is -0.539. The number of amides is 1. The zero-order chi connectivity index (χ0) is 13.7. The molecule has 0 aromatic heterocycles. The number of hydrogen-bond donors (Lipinski definition) is 1. The van der Waals surface area contributed by atoms with Crippen LogP contribution in [0.25, 0.3) is 6.08 Å². The van der Waals surface area contributed by atoms with E-state index < -0.39 is 12.1 Å². The third-order valence-electron chi connectivity index (χ3n) is 2.63. The topological polar surface area (TPSA) is 55.4 Å². The SMILES string of the molecule is CCOC(=O)NC1CS/C(=C/c2ccccc2)C1=O. The highest BCUT2D eigenvalue weighted by Gasteiger charge is 2.31. The number of rotatable bonds is 3. The van der Waals surface area contributed by atoms with Gasteiger partial charge >= 0.3 is 6.09 Å². The van der Waals surface area contributed by atoms with Crippen molar-refractivity contribution in [3.63, 3.8) is 0 Å². The van der Waals surface area contributed by atoms with E-state index in [1.54, 1.807) is 6.92 Å². The molecule has 0 aliphatic carbocycles. The Balaban J connectivity index is 2.02. The average Bonchev–Trinajstić information content (AvgIpc) is 2.73. The minimum absolute atomic E-state index is 0.0538. The molecule has 1 atom stereocenters. The highest BCUT2D eigenvalue weighted by atomic mass is 32.2. The smallest absolute Gasteiger partial charge is 0.407 e. The molecule has 1 amide bonds. The van der Waals surface area contributed by atoms with Gasteiger partial charge < -0.3 is 10.1 Å². The van der Waals surface area contributed by atoms with Crippen LogP contribution in [0.3, 0.4) is 0 Å². The fourth-order valence-electron chi connectivity index (χ4n) is 1.73. The number of alkyl carbamates (subject to hydrolysis) is 1. The Morgan fingerprint density at radius 3 is 2.89 bits per heavy atom. The molecular formula is C14H15NO3S. The Morgan fingerprint density at radius 1 is 1.47 bits per heavy atom. The van der Waals surface area contributed by atoms with Gasteiger partial charge in [-0.3, -0.25) is 4.79 Å². The molecule has 0 radical (unpaired) electrons. The molecule has 2 rings (SSSR count). The number of hydrogen-bond acceptors (Lipinski definition) is 4. The van der Waals surface area contributed by atoms with Crippen molar-refractivity contribution in [2.75, 3.05) is 12.4 Å². The fraction of sp³-hybridized carbons (Fsp3) is 0.286. The monoisotopic (exact) mass is 277 g/mol. The number of Topliss-reactive ketones (excluding diaryl/α,β-unsaturated/α-hetero) is 1. The van der Waals surface area contributed by atoms with Crippen LogP contribution in [0.15, 0.2) is 35.2 Å². The maximum atomic E-state index is 12.1. The molecule has 0 bridgehead atoms. The Morgan fingerprint density at radius 2 is 2.21 bits per heavy atom. The van der Waals surface area contributed by atoms with E-state index in [2.05, 4.69) is 5.32 Å². The van der Waals surface area contributed by atoms with Crippen molar-refractivity contribution in [3.05, 3.63) is 40.8 Å². The van der Waals surface area contributed by atoms with Crippen LogP contribution >= 0.6 is 11.8 Å². The molecule has 1 aromatic carbocycles. The average molecular weight is 277 g/mol. The largest absolute Gasteiger partial charge is 0.450 e. The van der Waals surface area contributed by atoms with Crippen molar-refractivity contribution < 1.29 is 14.3 Å². The number of benzene rings is 1. The first-order valence-corrected chi connectivity index (χ1v) is 7.06. The van der Waals surface area contributed by atoms with Crippen molar-refractivity contribution in [2.45, 2.75) is 13.0 Å². The Kier molecular flexibility index (Phi) is 4.63. The molecule has 5 heteroatoms. The number of thioether (sulfide) groups is 1. The van der Waals surface area contributed by atoms with E-state index in [4.69, 9.17) is 4.74 Å². The highest BCUT2D eigenvalue weighted by Crippen LogP contribution is 2.29. The molecule has 1 aromatic rings. The van der Waals surface area contributed by atoms with E-state index in [0.29, 0.717) is 17.3 Å². The van der Waals surface area contributed by atoms with E-state index in [1.807, 2.05) is 36.4 Å². The summed E-state index contributed by atoms with van der Waals surface area (Å²) >= 11 is 1.45. The molecule has 1 unspecified atom stereocenters. The third-order valence-corrected chi connectivity index (χ3v) is 3.76. The first kappa shape index (κ1) is 13.7. The van der Waals surface area contributed by atoms with Crippen LogP contribution in [0.2, 0.25) is 0 Å². The Labute approximate surface area is 116 Å². The van der Waals surface area contributed by atoms with E-state index >= 15 is 0 Å². The molecule has 19 heavy (non-hydrogen) atoms. The molecule has 1 aliphatic heterocycles. The van der Waals surface area contributed by atoms with E-state index in [1.165, 1.54) is 11.8 Å². The summed E-state index contributed by atoms with van der Waals surface area (Å²) in [5, 5.41) is 2.57. The number of carbonyl (C=O) groups excluding carboxylic acids is 2. The van der Waals surface area contributed by atoms with Crippen molar-refractivity contribution in [1.29, 1.82) is 0 Å². The van der Waals surface area contributed by atoms with Crippen LogP contribution in [0, 0.1) is 0 Å². The summed E-state index contributed by atoms with van der Waals surface area (Å²) in [6.07, 6.45) is 1.31. The lowest BCUT2D eigenvalue weighted by atomic mass is 10.1. The van der Waals surface area contributed by atoms with Gasteiger partial charge in [0.25, 0.3) is 0 Å². The summed E-state index contributed by atoms with van der Waals surface area (Å²) in [6.45, 7) is 2.03. The number of nitrogens with one attached hydrogen (secondary N) is 1. The number of ketones is 1. The van der Waals surface area contributed by atoms with Crippen molar-refractivity contribution in [1.82, 2.24) is 5.32 Å². The fourth-order valence-corrected chi connectivity index (χ4v) is 2.81. The van der Waals surface area contributed by atoms with Crippen molar-refractivity contribution in [2.24, 2.45) is 0 Å². The number of ether oxygens (including phenoxy) is 1. The van der Waals surface area contributed by atoms with Crippen LogP contribution in [-0.4, -0.2) is 30.3 Å². The standard InChI is InChI=1S/C14H15NO3S/c1-2-18-14(17)15-11-9-19-12(13(11)16)8-10-6-4-3-5-7-10/h3-8,11H,2,9H2,1H3,(H,15,17)/b12-8+. The maximum absolute atomic E-state index is 12.1. The summed E-state index contributed by atoms with van der Waals surface area (Å²) in [6, 6.07) is 9.16. The molecular weight excluding hydrogens is 262 g/mol. The van der Waals surface area contributed by atoms with Gasteiger partial charge in [0.05, 0.1) is 11.5 Å². The predicted molar refractivity (Wildman–Crippen MR) is 75.8 cm³/mol. The molecule has 1 saturated heterocycles. The molecule has 0 saturated carbocycles. The zero-order valence-electron chi connectivity index (χ0n) is 10.6.